The lowest BCUT2D eigenvalue weighted by atomic mass is 9.39. The van der Waals surface area contributed by atoms with E-state index in [1.807, 2.05) is 65.3 Å². The summed E-state index contributed by atoms with van der Waals surface area (Å²) in [6, 6.07) is 8.06. The van der Waals surface area contributed by atoms with Crippen LogP contribution in [0.1, 0.15) is 36.4 Å². The molecule has 2 unspecified atom stereocenters. The van der Waals surface area contributed by atoms with Crippen LogP contribution in [-0.4, -0.2) is 88.5 Å². The van der Waals surface area contributed by atoms with E-state index >= 15 is 0 Å². The maximum absolute atomic E-state index is 13.5. The summed E-state index contributed by atoms with van der Waals surface area (Å²) in [5.41, 5.74) is 2.59. The fourth-order valence-corrected chi connectivity index (χ4v) is 7.72. The van der Waals surface area contributed by atoms with Gasteiger partial charge in [0.15, 0.2) is 0 Å². The monoisotopic (exact) mass is 505 g/mol. The first kappa shape index (κ1) is 24.2. The van der Waals surface area contributed by atoms with E-state index < -0.39 is 10.8 Å². The Morgan fingerprint density at radius 3 is 2.05 bits per heavy atom. The van der Waals surface area contributed by atoms with E-state index in [9.17, 15) is 14.4 Å². The van der Waals surface area contributed by atoms with E-state index in [2.05, 4.69) is 11.2 Å². The van der Waals surface area contributed by atoms with Crippen molar-refractivity contribution in [1.82, 2.24) is 24.5 Å². The summed E-state index contributed by atoms with van der Waals surface area (Å²) in [6.07, 6.45) is 0. The van der Waals surface area contributed by atoms with Gasteiger partial charge in [0, 0.05) is 49.4 Å². The number of carbonyl (C=O) groups excluding carboxylic acids is 3. The molecule has 37 heavy (non-hydrogen) atoms. The number of ketones is 1. The van der Waals surface area contributed by atoms with Crippen molar-refractivity contribution in [3.63, 3.8) is 0 Å². The standard InChI is InChI=1S/C28H35N5O4/c1-18-8-19(2)33(29-18)11-21-9-20(6-7-22(21)37-5)10-30-12-23(34)31-14-26(3)25(36)27(4)15-32(24(35)13-30)17-28(26,27)16-31/h6-9H,10-17H2,1-5H3. The van der Waals surface area contributed by atoms with Crippen molar-refractivity contribution in [3.05, 3.63) is 46.8 Å². The van der Waals surface area contributed by atoms with Gasteiger partial charge < -0.3 is 14.5 Å². The second kappa shape index (κ2) is 7.90. The summed E-state index contributed by atoms with van der Waals surface area (Å²) < 4.78 is 7.57. The highest BCUT2D eigenvalue weighted by Crippen LogP contribution is 2.71. The van der Waals surface area contributed by atoms with Gasteiger partial charge >= 0.3 is 0 Å². The molecule has 2 amide bonds. The van der Waals surface area contributed by atoms with Crippen LogP contribution in [0.4, 0.5) is 0 Å². The number of hydrogen-bond donors (Lipinski definition) is 0. The van der Waals surface area contributed by atoms with Gasteiger partial charge in [-0.05, 0) is 37.6 Å². The third-order valence-electron chi connectivity index (χ3n) is 9.65. The van der Waals surface area contributed by atoms with Crippen LogP contribution in [0.15, 0.2) is 24.3 Å². The van der Waals surface area contributed by atoms with E-state index in [0.29, 0.717) is 39.3 Å². The first-order chi connectivity index (χ1) is 17.5. The average Bonchev–Trinajstić information content (AvgIpc) is 3.42. The Balaban J connectivity index is 1.27. The zero-order chi connectivity index (χ0) is 26.3. The van der Waals surface area contributed by atoms with E-state index in [0.717, 1.165) is 28.3 Å². The molecular formula is C28H35N5O4. The minimum atomic E-state index is -0.560. The van der Waals surface area contributed by atoms with Crippen molar-refractivity contribution in [2.45, 2.75) is 40.8 Å². The molecule has 1 spiro atoms. The Bertz CT molecular complexity index is 1290. The first-order valence-corrected chi connectivity index (χ1v) is 13.0. The molecule has 0 radical (unpaired) electrons. The molecule has 4 aliphatic rings. The van der Waals surface area contributed by atoms with Gasteiger partial charge in [0.1, 0.15) is 11.5 Å². The quantitative estimate of drug-likeness (QED) is 0.614. The predicted octanol–water partition coefficient (Wildman–Crippen LogP) is 1.64. The average molecular weight is 506 g/mol. The number of carbonyl (C=O) groups is 3. The molecule has 1 saturated carbocycles. The summed E-state index contributed by atoms with van der Waals surface area (Å²) in [6.45, 7) is 11.3. The lowest BCUT2D eigenvalue weighted by Crippen LogP contribution is -2.70. The number of hydrogen-bond acceptors (Lipinski definition) is 6. The molecule has 4 heterocycles. The summed E-state index contributed by atoms with van der Waals surface area (Å²) >= 11 is 0. The van der Waals surface area contributed by atoms with E-state index in [1.54, 1.807) is 7.11 Å². The van der Waals surface area contributed by atoms with E-state index in [1.165, 1.54) is 0 Å². The topological polar surface area (TPSA) is 88.0 Å². The molecule has 0 N–H and O–H groups in total. The van der Waals surface area contributed by atoms with Crippen molar-refractivity contribution in [2.24, 2.45) is 16.2 Å². The minimum absolute atomic E-state index is 0.00956. The summed E-state index contributed by atoms with van der Waals surface area (Å²) in [5, 5.41) is 4.58. The molecular weight excluding hydrogens is 470 g/mol. The molecule has 1 aromatic carbocycles. The number of benzene rings is 1. The summed E-state index contributed by atoms with van der Waals surface area (Å²) in [4.78, 5) is 45.8. The smallest absolute Gasteiger partial charge is 0.236 e. The fourth-order valence-electron chi connectivity index (χ4n) is 7.72. The molecule has 6 rings (SSSR count). The Morgan fingerprint density at radius 1 is 0.892 bits per heavy atom. The van der Waals surface area contributed by atoms with E-state index in [4.69, 9.17) is 4.74 Å². The highest BCUT2D eigenvalue weighted by molar-refractivity contribution is 6.02. The second-order valence-corrected chi connectivity index (χ2v) is 12.0. The number of aromatic nitrogens is 2. The Hall–Kier alpha value is -3.20. The van der Waals surface area contributed by atoms with Crippen LogP contribution < -0.4 is 4.74 Å². The van der Waals surface area contributed by atoms with Crippen LogP contribution in [0.25, 0.3) is 0 Å². The van der Waals surface area contributed by atoms with Gasteiger partial charge in [-0.2, -0.15) is 5.10 Å². The second-order valence-electron chi connectivity index (χ2n) is 12.0. The van der Waals surface area contributed by atoms with Crippen LogP contribution in [0.5, 0.6) is 5.75 Å². The van der Waals surface area contributed by atoms with Crippen molar-refractivity contribution >= 4 is 17.6 Å². The van der Waals surface area contributed by atoms with Gasteiger partial charge in [-0.3, -0.25) is 24.0 Å². The molecule has 1 aliphatic carbocycles. The molecule has 196 valence electrons. The Morgan fingerprint density at radius 2 is 1.51 bits per heavy atom. The number of amides is 2. The fraction of sp³-hybridized carbons (Fsp3) is 0.571. The van der Waals surface area contributed by atoms with Crippen LogP contribution in [0, 0.1) is 30.1 Å². The third kappa shape index (κ3) is 3.25. The van der Waals surface area contributed by atoms with Crippen molar-refractivity contribution in [2.75, 3.05) is 46.4 Å². The number of ether oxygens (including phenoxy) is 1. The number of aryl methyl sites for hydroxylation is 2. The highest BCUT2D eigenvalue weighted by Gasteiger charge is 2.82. The molecule has 3 bridgehead atoms. The lowest BCUT2D eigenvalue weighted by molar-refractivity contribution is -0.175. The zero-order valence-electron chi connectivity index (χ0n) is 22.3. The maximum atomic E-state index is 13.5. The molecule has 2 atom stereocenters. The minimum Gasteiger partial charge on any atom is -0.496 e. The summed E-state index contributed by atoms with van der Waals surface area (Å²) in [5.74, 6) is 0.964. The Labute approximate surface area is 217 Å². The Kier molecular flexibility index (Phi) is 5.16. The van der Waals surface area contributed by atoms with Gasteiger partial charge in [-0.1, -0.05) is 19.9 Å². The van der Waals surface area contributed by atoms with Gasteiger partial charge in [-0.25, -0.2) is 0 Å². The molecule has 9 nitrogen and oxygen atoms in total. The SMILES string of the molecule is COc1ccc(CN2CC(=O)N3CC4(C)C(=O)C5(C)CN(CC45C3)C(=O)C2)cc1Cn1nc(C)cc1C. The van der Waals surface area contributed by atoms with Crippen molar-refractivity contribution in [1.29, 1.82) is 0 Å². The molecule has 3 saturated heterocycles. The van der Waals surface area contributed by atoms with Crippen LogP contribution >= 0.6 is 0 Å². The molecule has 3 aliphatic heterocycles. The maximum Gasteiger partial charge on any atom is 0.236 e. The van der Waals surface area contributed by atoms with Gasteiger partial charge in [0.05, 0.1) is 43.3 Å². The van der Waals surface area contributed by atoms with Crippen LogP contribution in [0.3, 0.4) is 0 Å². The van der Waals surface area contributed by atoms with Crippen molar-refractivity contribution < 1.29 is 19.1 Å². The first-order valence-electron chi connectivity index (χ1n) is 13.0. The number of Topliss-reactive ketones (excluding diaryl/α,β-unsaturated/α-hetero) is 1. The highest BCUT2D eigenvalue weighted by atomic mass is 16.5. The van der Waals surface area contributed by atoms with Crippen LogP contribution in [-0.2, 0) is 27.5 Å². The van der Waals surface area contributed by atoms with Gasteiger partial charge in [0.25, 0.3) is 0 Å². The van der Waals surface area contributed by atoms with Crippen LogP contribution in [0.2, 0.25) is 0 Å². The van der Waals surface area contributed by atoms with Crippen molar-refractivity contribution in [3.8, 4) is 5.75 Å². The number of fused-ring (bicyclic) bond motifs is 2. The molecule has 9 heteroatoms. The van der Waals surface area contributed by atoms with Gasteiger partial charge in [0.2, 0.25) is 11.8 Å². The van der Waals surface area contributed by atoms with Gasteiger partial charge in [-0.15, -0.1) is 0 Å². The molecule has 2 aromatic rings. The third-order valence-corrected chi connectivity index (χ3v) is 9.65. The van der Waals surface area contributed by atoms with E-state index in [-0.39, 0.29) is 36.1 Å². The molecule has 4 fully saturated rings. The lowest BCUT2D eigenvalue weighted by Gasteiger charge is -2.59. The largest absolute Gasteiger partial charge is 0.496 e. The summed E-state index contributed by atoms with van der Waals surface area (Å²) in [7, 11) is 1.66. The number of nitrogens with zero attached hydrogens (tertiary/aromatic N) is 5. The predicted molar refractivity (Wildman–Crippen MR) is 136 cm³/mol. The number of methoxy groups -OCH3 is 1. The normalized spacial score (nSPS) is 31.2. The zero-order valence-corrected chi connectivity index (χ0v) is 22.3. The number of rotatable bonds is 5. The molecule has 1 aromatic heterocycles.